The minimum atomic E-state index is -0.634. The van der Waals surface area contributed by atoms with Crippen LogP contribution in [0.15, 0.2) is 16.6 Å². The van der Waals surface area contributed by atoms with Crippen molar-refractivity contribution in [2.24, 2.45) is 0 Å². The fraction of sp³-hybridized carbons (Fsp3) is 0.100. The minimum absolute atomic E-state index is 0.196. The van der Waals surface area contributed by atoms with Crippen LogP contribution in [-0.2, 0) is 0 Å². The van der Waals surface area contributed by atoms with Crippen molar-refractivity contribution in [3.63, 3.8) is 0 Å². The molecule has 0 fully saturated rings. The Hall–Kier alpha value is -0.300. The smallest absolute Gasteiger partial charge is 0.152 e. The van der Waals surface area contributed by atoms with Gasteiger partial charge in [-0.25, -0.2) is 13.8 Å². The van der Waals surface area contributed by atoms with Crippen LogP contribution in [0.4, 0.5) is 8.78 Å². The van der Waals surface area contributed by atoms with Gasteiger partial charge in [-0.2, -0.15) is 0 Å². The van der Waals surface area contributed by atoms with Crippen LogP contribution >= 0.6 is 38.5 Å². The first-order valence-corrected chi connectivity index (χ1v) is 5.98. The average molecular weight is 384 g/mol. The number of pyridine rings is 1. The highest BCUT2D eigenvalue weighted by Gasteiger charge is 2.12. The normalized spacial score (nSPS) is 11.0. The Morgan fingerprint density at radius 2 is 2.00 bits per heavy atom. The van der Waals surface area contributed by atoms with Gasteiger partial charge in [0.2, 0.25) is 0 Å². The number of rotatable bonds is 0. The second-order valence-corrected chi connectivity index (χ2v) is 4.98. The predicted octanol–water partition coefficient (Wildman–Crippen LogP) is 4.19. The van der Waals surface area contributed by atoms with Crippen LogP contribution in [0.3, 0.4) is 0 Å². The summed E-state index contributed by atoms with van der Waals surface area (Å²) in [5.74, 6) is -1.23. The van der Waals surface area contributed by atoms with E-state index in [1.54, 1.807) is 6.92 Å². The quantitative estimate of drug-likeness (QED) is 0.621. The van der Waals surface area contributed by atoms with Crippen LogP contribution in [0.25, 0.3) is 10.9 Å². The second kappa shape index (κ2) is 3.93. The molecule has 0 bridgehead atoms. The lowest BCUT2D eigenvalue weighted by atomic mass is 10.2. The van der Waals surface area contributed by atoms with Gasteiger partial charge in [-0.3, -0.25) is 0 Å². The molecule has 0 aliphatic carbocycles. The van der Waals surface area contributed by atoms with Crippen LogP contribution in [-0.4, -0.2) is 4.98 Å². The Labute approximate surface area is 107 Å². The number of fused-ring (bicyclic) bond motifs is 1. The Kier molecular flexibility index (Phi) is 2.94. The van der Waals surface area contributed by atoms with E-state index in [9.17, 15) is 8.78 Å². The van der Waals surface area contributed by atoms with E-state index in [1.807, 2.05) is 0 Å². The average Bonchev–Trinajstić information content (AvgIpc) is 2.17. The largest absolute Gasteiger partial charge is 0.249 e. The van der Waals surface area contributed by atoms with Gasteiger partial charge in [0.1, 0.15) is 11.3 Å². The van der Waals surface area contributed by atoms with Crippen molar-refractivity contribution in [1.82, 2.24) is 4.98 Å². The molecule has 0 spiro atoms. The summed E-state index contributed by atoms with van der Waals surface area (Å²) in [6.07, 6.45) is 0. The third-order valence-corrected chi connectivity index (χ3v) is 4.94. The van der Waals surface area contributed by atoms with Gasteiger partial charge in [-0.15, -0.1) is 0 Å². The van der Waals surface area contributed by atoms with E-state index >= 15 is 0 Å². The molecule has 0 N–H and O–H groups in total. The maximum Gasteiger partial charge on any atom is 0.152 e. The SMILES string of the molecule is Cc1nc2c(F)cc(F)cc2c(Br)c1I. The third-order valence-electron chi connectivity index (χ3n) is 2.05. The van der Waals surface area contributed by atoms with Gasteiger partial charge in [0.05, 0.1) is 5.69 Å². The van der Waals surface area contributed by atoms with Gasteiger partial charge in [0.15, 0.2) is 5.82 Å². The maximum atomic E-state index is 13.4. The molecule has 0 atom stereocenters. The van der Waals surface area contributed by atoms with Crippen LogP contribution in [0.2, 0.25) is 0 Å². The number of benzene rings is 1. The zero-order chi connectivity index (χ0) is 11.2. The van der Waals surface area contributed by atoms with Gasteiger partial charge in [0, 0.05) is 19.5 Å². The molecule has 0 aliphatic heterocycles. The Balaban J connectivity index is 2.98. The topological polar surface area (TPSA) is 12.9 Å². The Morgan fingerprint density at radius 3 is 2.67 bits per heavy atom. The van der Waals surface area contributed by atoms with E-state index in [0.29, 0.717) is 9.86 Å². The summed E-state index contributed by atoms with van der Waals surface area (Å²) in [5.41, 5.74) is 0.918. The van der Waals surface area contributed by atoms with E-state index in [1.165, 1.54) is 6.07 Å². The summed E-state index contributed by atoms with van der Waals surface area (Å²) >= 11 is 5.41. The molecule has 0 amide bonds. The lowest BCUT2D eigenvalue weighted by Gasteiger charge is -2.06. The fourth-order valence-corrected chi connectivity index (χ4v) is 2.34. The highest BCUT2D eigenvalue weighted by molar-refractivity contribution is 14.1. The summed E-state index contributed by atoms with van der Waals surface area (Å²) in [6.45, 7) is 1.79. The number of aryl methyl sites for hydroxylation is 1. The number of hydrogen-bond acceptors (Lipinski definition) is 1. The molecule has 2 aromatic rings. The van der Waals surface area contributed by atoms with Gasteiger partial charge < -0.3 is 0 Å². The number of nitrogens with zero attached hydrogens (tertiary/aromatic N) is 1. The molecule has 1 nitrogen and oxygen atoms in total. The van der Waals surface area contributed by atoms with E-state index in [4.69, 9.17) is 0 Å². The van der Waals surface area contributed by atoms with Gasteiger partial charge in [-0.1, -0.05) is 0 Å². The lowest BCUT2D eigenvalue weighted by molar-refractivity contribution is 0.590. The zero-order valence-electron chi connectivity index (χ0n) is 7.61. The van der Waals surface area contributed by atoms with Gasteiger partial charge >= 0.3 is 0 Å². The standard InChI is InChI=1S/C10H5BrF2IN/c1-4-9(14)8(11)6-2-5(12)3-7(13)10(6)15-4/h2-3H,1H3. The number of aromatic nitrogens is 1. The Bertz CT molecular complexity index is 557. The van der Waals surface area contributed by atoms with Crippen molar-refractivity contribution in [3.05, 3.63) is 37.5 Å². The lowest BCUT2D eigenvalue weighted by Crippen LogP contribution is -1.94. The molecule has 78 valence electrons. The highest BCUT2D eigenvalue weighted by atomic mass is 127. The van der Waals surface area contributed by atoms with E-state index < -0.39 is 11.6 Å². The Morgan fingerprint density at radius 1 is 1.33 bits per heavy atom. The predicted molar refractivity (Wildman–Crippen MR) is 66.8 cm³/mol. The highest BCUT2D eigenvalue weighted by Crippen LogP contribution is 2.31. The summed E-state index contributed by atoms with van der Waals surface area (Å²) in [5, 5.41) is 0.461. The zero-order valence-corrected chi connectivity index (χ0v) is 11.4. The van der Waals surface area contributed by atoms with Crippen molar-refractivity contribution in [3.8, 4) is 0 Å². The second-order valence-electron chi connectivity index (χ2n) is 3.11. The van der Waals surface area contributed by atoms with Gasteiger partial charge in [0.25, 0.3) is 0 Å². The van der Waals surface area contributed by atoms with Crippen LogP contribution in [0, 0.1) is 22.1 Å². The van der Waals surface area contributed by atoms with Crippen LogP contribution in [0.1, 0.15) is 5.69 Å². The molecular formula is C10H5BrF2IN. The molecular weight excluding hydrogens is 379 g/mol. The first-order chi connectivity index (χ1) is 7.00. The molecule has 5 heteroatoms. The molecule has 1 heterocycles. The summed E-state index contributed by atoms with van der Waals surface area (Å²) in [7, 11) is 0. The van der Waals surface area contributed by atoms with Crippen molar-refractivity contribution < 1.29 is 8.78 Å². The first kappa shape index (κ1) is 11.2. The van der Waals surface area contributed by atoms with Crippen molar-refractivity contribution >= 4 is 49.4 Å². The van der Waals surface area contributed by atoms with Crippen LogP contribution < -0.4 is 0 Å². The van der Waals surface area contributed by atoms with Crippen molar-refractivity contribution in [1.29, 1.82) is 0 Å². The molecule has 0 saturated carbocycles. The summed E-state index contributed by atoms with van der Waals surface area (Å²) < 4.78 is 28.0. The van der Waals surface area contributed by atoms with E-state index in [-0.39, 0.29) is 5.52 Å². The molecule has 1 aromatic heterocycles. The molecule has 2 rings (SSSR count). The monoisotopic (exact) mass is 383 g/mol. The number of halogens is 4. The van der Waals surface area contributed by atoms with E-state index in [0.717, 1.165) is 15.3 Å². The maximum absolute atomic E-state index is 13.4. The third kappa shape index (κ3) is 1.87. The first-order valence-electron chi connectivity index (χ1n) is 4.11. The molecule has 15 heavy (non-hydrogen) atoms. The van der Waals surface area contributed by atoms with E-state index in [2.05, 4.69) is 43.5 Å². The molecule has 1 aromatic carbocycles. The fourth-order valence-electron chi connectivity index (χ4n) is 1.34. The van der Waals surface area contributed by atoms with Crippen molar-refractivity contribution in [2.75, 3.05) is 0 Å². The van der Waals surface area contributed by atoms with Crippen molar-refractivity contribution in [2.45, 2.75) is 6.92 Å². The summed E-state index contributed by atoms with van der Waals surface area (Å²) in [6, 6.07) is 2.12. The van der Waals surface area contributed by atoms with Gasteiger partial charge in [-0.05, 0) is 51.5 Å². The molecule has 0 radical (unpaired) electrons. The molecule has 0 saturated heterocycles. The molecule has 0 aliphatic rings. The summed E-state index contributed by atoms with van der Waals surface area (Å²) in [4.78, 5) is 4.10. The van der Waals surface area contributed by atoms with Crippen LogP contribution in [0.5, 0.6) is 0 Å². The minimum Gasteiger partial charge on any atom is -0.249 e. The number of hydrogen-bond donors (Lipinski definition) is 0. The molecule has 0 unspecified atom stereocenters.